The molecule has 3 rings (SSSR count). The van der Waals surface area contributed by atoms with Crippen LogP contribution in [0, 0.1) is 6.92 Å². The standard InChI is InChI=1S/C21H29N7O2/c1-13-10-23-18-17(22-7-8-27(2)3)16-15(26-19(18)20(13)30-6)9-14(11-24-16)21(29)25-12-28(4)5/h9-11H,7-8,12H2,1-6H3,(H,22,26)(H,25,29). The molecule has 0 fully saturated rings. The summed E-state index contributed by atoms with van der Waals surface area (Å²) in [6.07, 6.45) is 3.35. The summed E-state index contributed by atoms with van der Waals surface area (Å²) in [4.78, 5) is 30.4. The first-order chi connectivity index (χ1) is 14.3. The Kier molecular flexibility index (Phi) is 6.63. The fraction of sp³-hybridized carbons (Fsp3) is 0.429. The highest BCUT2D eigenvalue weighted by Crippen LogP contribution is 2.34. The molecule has 0 aliphatic rings. The molecule has 0 aliphatic carbocycles. The summed E-state index contributed by atoms with van der Waals surface area (Å²) in [6.45, 7) is 3.93. The molecule has 0 aromatic carbocycles. The molecular weight excluding hydrogens is 382 g/mol. The number of ether oxygens (including phenoxy) is 1. The predicted molar refractivity (Wildman–Crippen MR) is 119 cm³/mol. The number of methoxy groups -OCH3 is 1. The van der Waals surface area contributed by atoms with Gasteiger partial charge in [0.05, 0.1) is 30.5 Å². The van der Waals surface area contributed by atoms with Gasteiger partial charge >= 0.3 is 0 Å². The van der Waals surface area contributed by atoms with Gasteiger partial charge in [-0.05, 0) is 41.2 Å². The molecule has 160 valence electrons. The highest BCUT2D eigenvalue weighted by molar-refractivity contribution is 6.07. The van der Waals surface area contributed by atoms with Crippen LogP contribution in [0.5, 0.6) is 5.75 Å². The molecule has 3 aromatic rings. The Morgan fingerprint density at radius 2 is 1.80 bits per heavy atom. The third-order valence-corrected chi connectivity index (χ3v) is 4.64. The molecule has 0 saturated carbocycles. The van der Waals surface area contributed by atoms with Crippen molar-refractivity contribution in [3.8, 4) is 5.75 Å². The van der Waals surface area contributed by atoms with Gasteiger partial charge in [0.2, 0.25) is 0 Å². The van der Waals surface area contributed by atoms with E-state index in [1.165, 1.54) is 0 Å². The number of amides is 1. The van der Waals surface area contributed by atoms with Gasteiger partial charge in [-0.15, -0.1) is 0 Å². The van der Waals surface area contributed by atoms with Crippen LogP contribution < -0.4 is 15.4 Å². The lowest BCUT2D eigenvalue weighted by atomic mass is 10.1. The minimum absolute atomic E-state index is 0.198. The van der Waals surface area contributed by atoms with Crippen LogP contribution in [0.15, 0.2) is 18.5 Å². The van der Waals surface area contributed by atoms with Gasteiger partial charge in [0.1, 0.15) is 16.6 Å². The first-order valence-corrected chi connectivity index (χ1v) is 9.76. The molecule has 0 saturated heterocycles. The van der Waals surface area contributed by atoms with Crippen molar-refractivity contribution in [1.29, 1.82) is 0 Å². The van der Waals surface area contributed by atoms with Gasteiger partial charge in [-0.2, -0.15) is 0 Å². The van der Waals surface area contributed by atoms with E-state index in [0.29, 0.717) is 46.6 Å². The number of hydrogen-bond donors (Lipinski definition) is 2. The van der Waals surface area contributed by atoms with Crippen molar-refractivity contribution in [3.63, 3.8) is 0 Å². The van der Waals surface area contributed by atoms with E-state index in [-0.39, 0.29) is 5.91 Å². The topological polar surface area (TPSA) is 95.5 Å². The van der Waals surface area contributed by atoms with Crippen molar-refractivity contribution in [3.05, 3.63) is 29.6 Å². The Labute approximate surface area is 176 Å². The lowest BCUT2D eigenvalue weighted by Gasteiger charge is -2.16. The Morgan fingerprint density at radius 3 is 2.47 bits per heavy atom. The molecular formula is C21H29N7O2. The monoisotopic (exact) mass is 411 g/mol. The van der Waals surface area contributed by atoms with Crippen LogP contribution in [0.1, 0.15) is 15.9 Å². The second-order valence-electron chi connectivity index (χ2n) is 7.72. The Balaban J connectivity index is 2.14. The number of rotatable bonds is 8. The number of pyridine rings is 3. The second-order valence-corrected chi connectivity index (χ2v) is 7.72. The highest BCUT2D eigenvalue weighted by Gasteiger charge is 2.18. The molecule has 1 amide bonds. The normalized spacial score (nSPS) is 11.5. The van der Waals surface area contributed by atoms with E-state index in [2.05, 4.69) is 25.5 Å². The molecule has 3 heterocycles. The van der Waals surface area contributed by atoms with E-state index in [9.17, 15) is 4.79 Å². The molecule has 0 unspecified atom stereocenters. The number of aromatic nitrogens is 3. The quantitative estimate of drug-likeness (QED) is 0.427. The van der Waals surface area contributed by atoms with Crippen molar-refractivity contribution < 1.29 is 9.53 Å². The summed E-state index contributed by atoms with van der Waals surface area (Å²) < 4.78 is 5.60. The second kappa shape index (κ2) is 9.19. The van der Waals surface area contributed by atoms with E-state index in [1.54, 1.807) is 25.6 Å². The van der Waals surface area contributed by atoms with E-state index < -0.39 is 0 Å². The van der Waals surface area contributed by atoms with Gasteiger partial charge in [-0.3, -0.25) is 19.7 Å². The number of aryl methyl sites for hydroxylation is 1. The van der Waals surface area contributed by atoms with Crippen LogP contribution in [-0.2, 0) is 0 Å². The highest BCUT2D eigenvalue weighted by atomic mass is 16.5. The molecule has 0 spiro atoms. The number of anilines is 1. The fourth-order valence-corrected chi connectivity index (χ4v) is 3.11. The van der Waals surface area contributed by atoms with E-state index in [0.717, 1.165) is 17.8 Å². The molecule has 0 aliphatic heterocycles. The maximum absolute atomic E-state index is 12.5. The number of likely N-dealkylation sites (N-methyl/N-ethyl adjacent to an activating group) is 1. The van der Waals surface area contributed by atoms with Crippen molar-refractivity contribution in [2.75, 3.05) is 60.4 Å². The Bertz CT molecular complexity index is 1070. The van der Waals surface area contributed by atoms with Gasteiger partial charge in [0.25, 0.3) is 5.91 Å². The van der Waals surface area contributed by atoms with E-state index in [4.69, 9.17) is 9.72 Å². The van der Waals surface area contributed by atoms with Crippen LogP contribution in [0.3, 0.4) is 0 Å². The summed E-state index contributed by atoms with van der Waals surface area (Å²) in [6, 6.07) is 1.76. The van der Waals surface area contributed by atoms with Crippen LogP contribution in [0.25, 0.3) is 22.1 Å². The van der Waals surface area contributed by atoms with E-state index >= 15 is 0 Å². The third-order valence-electron chi connectivity index (χ3n) is 4.64. The third kappa shape index (κ3) is 4.58. The lowest BCUT2D eigenvalue weighted by Crippen LogP contribution is -2.33. The molecule has 2 N–H and O–H groups in total. The molecule has 9 nitrogen and oxygen atoms in total. The summed E-state index contributed by atoms with van der Waals surface area (Å²) in [5.41, 5.74) is 4.75. The number of carbonyl (C=O) groups is 1. The zero-order chi connectivity index (χ0) is 21.8. The zero-order valence-electron chi connectivity index (χ0n) is 18.4. The number of carbonyl (C=O) groups excluding carboxylic acids is 1. The van der Waals surface area contributed by atoms with Crippen molar-refractivity contribution in [2.45, 2.75) is 6.92 Å². The molecule has 9 heteroatoms. The summed E-state index contributed by atoms with van der Waals surface area (Å²) in [5, 5.41) is 6.31. The molecule has 0 radical (unpaired) electrons. The summed E-state index contributed by atoms with van der Waals surface area (Å²) in [5.74, 6) is 0.469. The van der Waals surface area contributed by atoms with Crippen molar-refractivity contribution >= 4 is 33.7 Å². The van der Waals surface area contributed by atoms with Gasteiger partial charge in [0, 0.05) is 31.0 Å². The predicted octanol–water partition coefficient (Wildman–Crippen LogP) is 1.72. The molecule has 0 atom stereocenters. The number of nitrogens with one attached hydrogen (secondary N) is 2. The smallest absolute Gasteiger partial charge is 0.253 e. The average molecular weight is 412 g/mol. The summed E-state index contributed by atoms with van der Waals surface area (Å²) >= 11 is 0. The van der Waals surface area contributed by atoms with Gasteiger partial charge in [0.15, 0.2) is 5.75 Å². The van der Waals surface area contributed by atoms with Crippen LogP contribution >= 0.6 is 0 Å². The molecule has 3 aromatic heterocycles. The van der Waals surface area contributed by atoms with E-state index in [1.807, 2.05) is 40.0 Å². The van der Waals surface area contributed by atoms with Crippen molar-refractivity contribution in [2.24, 2.45) is 0 Å². The molecule has 30 heavy (non-hydrogen) atoms. The maximum Gasteiger partial charge on any atom is 0.253 e. The van der Waals surface area contributed by atoms with Gasteiger partial charge in [-0.1, -0.05) is 0 Å². The SMILES string of the molecule is COc1c(C)cnc2c(NCCN(C)C)c3ncc(C(=O)NCN(C)C)cc3nc12. The van der Waals surface area contributed by atoms with Gasteiger partial charge < -0.3 is 20.3 Å². The number of hydrogen-bond acceptors (Lipinski definition) is 8. The number of fused-ring (bicyclic) bond motifs is 2. The number of nitrogens with zero attached hydrogens (tertiary/aromatic N) is 5. The fourth-order valence-electron chi connectivity index (χ4n) is 3.11. The van der Waals surface area contributed by atoms with Crippen LogP contribution in [-0.4, -0.2) is 85.7 Å². The largest absolute Gasteiger partial charge is 0.494 e. The first-order valence-electron chi connectivity index (χ1n) is 9.76. The zero-order valence-corrected chi connectivity index (χ0v) is 18.4. The maximum atomic E-state index is 12.5. The minimum Gasteiger partial charge on any atom is -0.494 e. The Hall–Kier alpha value is -3.04. The Morgan fingerprint density at radius 1 is 1.07 bits per heavy atom. The first kappa shape index (κ1) is 21.7. The van der Waals surface area contributed by atoms with Gasteiger partial charge in [-0.25, -0.2) is 4.98 Å². The minimum atomic E-state index is -0.198. The summed E-state index contributed by atoms with van der Waals surface area (Å²) in [7, 11) is 9.44. The van der Waals surface area contributed by atoms with Crippen LogP contribution in [0.4, 0.5) is 5.69 Å². The lowest BCUT2D eigenvalue weighted by molar-refractivity contribution is 0.0935. The average Bonchev–Trinajstić information content (AvgIpc) is 2.70. The van der Waals surface area contributed by atoms with Crippen LogP contribution in [0.2, 0.25) is 0 Å². The molecule has 0 bridgehead atoms. The van der Waals surface area contributed by atoms with Crippen molar-refractivity contribution in [1.82, 2.24) is 30.1 Å².